The minimum atomic E-state index is -0.412. The molecule has 3 aromatic heterocycles. The molecule has 0 radical (unpaired) electrons. The summed E-state index contributed by atoms with van der Waals surface area (Å²) >= 11 is 0. The van der Waals surface area contributed by atoms with Gasteiger partial charge in [0.05, 0.1) is 12.2 Å². The number of anilines is 1. The van der Waals surface area contributed by atoms with Crippen LogP contribution in [0.25, 0.3) is 21.9 Å². The van der Waals surface area contributed by atoms with Crippen LogP contribution in [0.3, 0.4) is 0 Å². The van der Waals surface area contributed by atoms with E-state index in [-0.39, 0.29) is 18.1 Å². The summed E-state index contributed by atoms with van der Waals surface area (Å²) in [6, 6.07) is 9.81. The molecule has 1 saturated heterocycles. The minimum Gasteiger partial charge on any atom is -0.341 e. The van der Waals surface area contributed by atoms with Crippen molar-refractivity contribution in [1.29, 1.82) is 0 Å². The quantitative estimate of drug-likeness (QED) is 0.458. The van der Waals surface area contributed by atoms with Gasteiger partial charge in [0, 0.05) is 44.3 Å². The van der Waals surface area contributed by atoms with Gasteiger partial charge in [0.2, 0.25) is 5.95 Å². The SMILES string of the molecule is CC=CCn1c(N2CCCC(N)C2)nc2c1c(=O)n(Cc1nccc3ccccc13)c(=O)n2C. The first-order valence-electron chi connectivity index (χ1n) is 11.6. The van der Waals surface area contributed by atoms with Gasteiger partial charge < -0.3 is 15.2 Å². The van der Waals surface area contributed by atoms with Crippen molar-refractivity contribution in [2.24, 2.45) is 12.8 Å². The minimum absolute atomic E-state index is 0.0571. The summed E-state index contributed by atoms with van der Waals surface area (Å²) in [5.41, 5.74) is 6.93. The molecule has 1 aliphatic heterocycles. The van der Waals surface area contributed by atoms with Crippen LogP contribution in [0.15, 0.2) is 58.3 Å². The number of aromatic nitrogens is 5. The van der Waals surface area contributed by atoms with E-state index in [1.54, 1.807) is 13.2 Å². The van der Waals surface area contributed by atoms with E-state index >= 15 is 0 Å². The molecule has 1 aromatic carbocycles. The summed E-state index contributed by atoms with van der Waals surface area (Å²) in [5, 5.41) is 1.93. The molecule has 2 N–H and O–H groups in total. The van der Waals surface area contributed by atoms with E-state index in [0.29, 0.717) is 35.9 Å². The van der Waals surface area contributed by atoms with Gasteiger partial charge in [0.25, 0.3) is 5.56 Å². The van der Waals surface area contributed by atoms with E-state index < -0.39 is 5.69 Å². The van der Waals surface area contributed by atoms with Crippen LogP contribution >= 0.6 is 0 Å². The average molecular weight is 460 g/mol. The molecule has 4 aromatic rings. The van der Waals surface area contributed by atoms with E-state index in [4.69, 9.17) is 10.7 Å². The number of pyridine rings is 1. The van der Waals surface area contributed by atoms with Gasteiger partial charge in [-0.05, 0) is 31.2 Å². The number of allylic oxidation sites excluding steroid dienone is 2. The lowest BCUT2D eigenvalue weighted by Gasteiger charge is -2.31. The van der Waals surface area contributed by atoms with Gasteiger partial charge >= 0.3 is 5.69 Å². The van der Waals surface area contributed by atoms with E-state index in [2.05, 4.69) is 9.88 Å². The number of benzene rings is 1. The highest BCUT2D eigenvalue weighted by Gasteiger charge is 2.26. The number of imidazole rings is 1. The molecular formula is C25H29N7O2. The Hall–Kier alpha value is -3.72. The fourth-order valence-electron chi connectivity index (χ4n) is 4.77. The van der Waals surface area contributed by atoms with Gasteiger partial charge in [0.1, 0.15) is 0 Å². The second kappa shape index (κ2) is 8.90. The van der Waals surface area contributed by atoms with Crippen LogP contribution in [0.4, 0.5) is 5.95 Å². The van der Waals surface area contributed by atoms with Gasteiger partial charge in [-0.25, -0.2) is 4.79 Å². The molecule has 9 heteroatoms. The van der Waals surface area contributed by atoms with Crippen molar-refractivity contribution in [3.05, 3.63) is 75.2 Å². The second-order valence-corrected chi connectivity index (χ2v) is 8.82. The highest BCUT2D eigenvalue weighted by Crippen LogP contribution is 2.23. The van der Waals surface area contributed by atoms with Crippen molar-refractivity contribution in [3.8, 4) is 0 Å². The van der Waals surface area contributed by atoms with Crippen molar-refractivity contribution >= 4 is 27.9 Å². The lowest BCUT2D eigenvalue weighted by molar-refractivity contribution is 0.495. The number of piperidine rings is 1. The molecule has 0 bridgehead atoms. The summed E-state index contributed by atoms with van der Waals surface area (Å²) in [6.07, 6.45) is 7.56. The first-order valence-corrected chi connectivity index (χ1v) is 11.6. The number of rotatable bonds is 5. The third kappa shape index (κ3) is 3.71. The summed E-state index contributed by atoms with van der Waals surface area (Å²) < 4.78 is 4.63. The molecule has 34 heavy (non-hydrogen) atoms. The monoisotopic (exact) mass is 459 g/mol. The molecule has 9 nitrogen and oxygen atoms in total. The maximum atomic E-state index is 13.8. The predicted octanol–water partition coefficient (Wildman–Crippen LogP) is 2.00. The van der Waals surface area contributed by atoms with Crippen LogP contribution in [0, 0.1) is 0 Å². The molecule has 5 rings (SSSR count). The van der Waals surface area contributed by atoms with Crippen LogP contribution in [0.5, 0.6) is 0 Å². The Bertz CT molecular complexity index is 1510. The molecule has 4 heterocycles. The Labute approximate surface area is 196 Å². The Kier molecular flexibility index (Phi) is 5.79. The summed E-state index contributed by atoms with van der Waals surface area (Å²) in [4.78, 5) is 38.5. The number of nitrogens with two attached hydrogens (primary N) is 1. The van der Waals surface area contributed by atoms with Crippen molar-refractivity contribution in [2.45, 2.75) is 38.9 Å². The third-order valence-electron chi connectivity index (χ3n) is 6.54. The van der Waals surface area contributed by atoms with Crippen LogP contribution in [0.2, 0.25) is 0 Å². The van der Waals surface area contributed by atoms with Crippen molar-refractivity contribution in [2.75, 3.05) is 18.0 Å². The van der Waals surface area contributed by atoms with Crippen LogP contribution in [-0.2, 0) is 20.1 Å². The number of fused-ring (bicyclic) bond motifs is 2. The standard InChI is InChI=1S/C25H29N7O2/c1-3-4-14-31-21-22(28-24(31)30-13-7-9-18(26)15-30)29(2)25(34)32(23(21)33)16-20-19-10-6-5-8-17(19)11-12-27-20/h3-6,8,10-12,18H,7,9,13-16,26H2,1-2H3. The molecule has 1 fully saturated rings. The molecule has 1 aliphatic rings. The zero-order valence-electron chi connectivity index (χ0n) is 19.5. The molecule has 1 unspecified atom stereocenters. The maximum Gasteiger partial charge on any atom is 0.332 e. The van der Waals surface area contributed by atoms with Crippen molar-refractivity contribution in [1.82, 2.24) is 23.7 Å². The van der Waals surface area contributed by atoms with Gasteiger partial charge in [-0.2, -0.15) is 4.98 Å². The van der Waals surface area contributed by atoms with E-state index in [9.17, 15) is 9.59 Å². The number of aryl methyl sites for hydroxylation is 1. The first kappa shape index (κ1) is 22.1. The lowest BCUT2D eigenvalue weighted by atomic mass is 10.1. The van der Waals surface area contributed by atoms with Gasteiger partial charge in [-0.15, -0.1) is 0 Å². The fraction of sp³-hybridized carbons (Fsp3) is 0.360. The average Bonchev–Trinajstić information content (AvgIpc) is 3.24. The number of nitrogens with zero attached hydrogens (tertiary/aromatic N) is 6. The number of hydrogen-bond acceptors (Lipinski definition) is 6. The summed E-state index contributed by atoms with van der Waals surface area (Å²) in [6.45, 7) is 3.99. The lowest BCUT2D eigenvalue weighted by Crippen LogP contribution is -2.44. The van der Waals surface area contributed by atoms with E-state index in [0.717, 1.165) is 30.2 Å². The Morgan fingerprint density at radius 3 is 2.79 bits per heavy atom. The zero-order valence-corrected chi connectivity index (χ0v) is 19.5. The van der Waals surface area contributed by atoms with Gasteiger partial charge in [0.15, 0.2) is 11.2 Å². The molecule has 0 saturated carbocycles. The molecule has 0 aliphatic carbocycles. The van der Waals surface area contributed by atoms with Crippen molar-refractivity contribution in [3.63, 3.8) is 0 Å². The fourth-order valence-corrected chi connectivity index (χ4v) is 4.77. The Morgan fingerprint density at radius 1 is 1.18 bits per heavy atom. The van der Waals surface area contributed by atoms with E-state index in [1.807, 2.05) is 54.0 Å². The van der Waals surface area contributed by atoms with Crippen LogP contribution in [-0.4, -0.2) is 42.8 Å². The zero-order chi connectivity index (χ0) is 23.8. The normalized spacial score (nSPS) is 16.8. The highest BCUT2D eigenvalue weighted by molar-refractivity contribution is 5.84. The Morgan fingerprint density at radius 2 is 2.00 bits per heavy atom. The summed E-state index contributed by atoms with van der Waals surface area (Å²) in [5.74, 6) is 0.677. The third-order valence-corrected chi connectivity index (χ3v) is 6.54. The molecular weight excluding hydrogens is 430 g/mol. The maximum absolute atomic E-state index is 13.8. The molecule has 176 valence electrons. The number of hydrogen-bond donors (Lipinski definition) is 1. The van der Waals surface area contributed by atoms with Gasteiger partial charge in [-0.3, -0.25) is 18.9 Å². The first-order chi connectivity index (χ1) is 16.5. The summed E-state index contributed by atoms with van der Waals surface area (Å²) in [7, 11) is 1.66. The Balaban J connectivity index is 1.71. The molecule has 0 amide bonds. The van der Waals surface area contributed by atoms with Crippen molar-refractivity contribution < 1.29 is 0 Å². The smallest absolute Gasteiger partial charge is 0.332 e. The largest absolute Gasteiger partial charge is 0.341 e. The topological polar surface area (TPSA) is 104 Å². The molecule has 1 atom stereocenters. The van der Waals surface area contributed by atoms with E-state index in [1.165, 1.54) is 9.13 Å². The molecule has 0 spiro atoms. The predicted molar refractivity (Wildman–Crippen MR) is 134 cm³/mol. The van der Waals surface area contributed by atoms with Gasteiger partial charge in [-0.1, -0.05) is 36.4 Å². The van der Waals surface area contributed by atoms with Crippen LogP contribution < -0.4 is 21.9 Å². The highest BCUT2D eigenvalue weighted by atomic mass is 16.2. The van der Waals surface area contributed by atoms with Crippen LogP contribution in [0.1, 0.15) is 25.5 Å². The second-order valence-electron chi connectivity index (χ2n) is 8.82.